The van der Waals surface area contributed by atoms with Gasteiger partial charge in [0, 0.05) is 5.56 Å². The van der Waals surface area contributed by atoms with Crippen molar-refractivity contribution in [1.82, 2.24) is 9.78 Å². The second kappa shape index (κ2) is 6.55. The lowest BCUT2D eigenvalue weighted by molar-refractivity contribution is 0.0697. The maximum atomic E-state index is 12.4. The Morgan fingerprint density at radius 2 is 2.08 bits per heavy atom. The van der Waals surface area contributed by atoms with E-state index in [9.17, 15) is 14.7 Å². The van der Waals surface area contributed by atoms with E-state index < -0.39 is 5.97 Å². The Bertz CT molecular complexity index is 1010. The molecule has 0 bridgehead atoms. The predicted octanol–water partition coefficient (Wildman–Crippen LogP) is 3.64. The fraction of sp³-hybridized carbons (Fsp3) is 0.316. The zero-order valence-corrected chi connectivity index (χ0v) is 14.5. The standard InChI is InChI=1S/C19H20N2O4/c1-4-5-9-15-11(2)16-12(3)20-21(17(16)25-19(15)24)14-8-6-7-13(10-14)18(22)23/h6-8,10H,4-5,9H2,1-3H3,(H,22,23). The molecule has 0 radical (unpaired) electrons. The molecule has 2 heterocycles. The first-order valence-electron chi connectivity index (χ1n) is 8.29. The summed E-state index contributed by atoms with van der Waals surface area (Å²) in [6, 6.07) is 6.39. The van der Waals surface area contributed by atoms with E-state index in [2.05, 4.69) is 12.0 Å². The van der Waals surface area contributed by atoms with Crippen molar-refractivity contribution in [2.75, 3.05) is 0 Å². The highest BCUT2D eigenvalue weighted by molar-refractivity contribution is 5.88. The molecule has 0 atom stereocenters. The zero-order valence-electron chi connectivity index (χ0n) is 14.5. The van der Waals surface area contributed by atoms with Crippen LogP contribution in [0.1, 0.15) is 46.9 Å². The molecule has 0 aliphatic heterocycles. The summed E-state index contributed by atoms with van der Waals surface area (Å²) in [5, 5.41) is 14.5. The summed E-state index contributed by atoms with van der Waals surface area (Å²) in [6.07, 6.45) is 2.60. The molecule has 0 unspecified atom stereocenters. The minimum Gasteiger partial charge on any atom is -0.478 e. The van der Waals surface area contributed by atoms with Crippen molar-refractivity contribution in [3.05, 3.63) is 57.1 Å². The average molecular weight is 340 g/mol. The van der Waals surface area contributed by atoms with Gasteiger partial charge < -0.3 is 9.52 Å². The summed E-state index contributed by atoms with van der Waals surface area (Å²) in [5.41, 5.74) is 3.01. The van der Waals surface area contributed by atoms with Crippen molar-refractivity contribution in [2.45, 2.75) is 40.0 Å². The summed E-state index contributed by atoms with van der Waals surface area (Å²) in [5.74, 6) is -1.02. The van der Waals surface area contributed by atoms with E-state index >= 15 is 0 Å². The number of hydrogen-bond acceptors (Lipinski definition) is 4. The Labute approximate surface area is 144 Å². The first-order chi connectivity index (χ1) is 11.9. The van der Waals surface area contributed by atoms with Gasteiger partial charge in [0.1, 0.15) is 0 Å². The van der Waals surface area contributed by atoms with E-state index in [-0.39, 0.29) is 11.2 Å². The fourth-order valence-electron chi connectivity index (χ4n) is 3.07. The lowest BCUT2D eigenvalue weighted by Gasteiger charge is -2.07. The van der Waals surface area contributed by atoms with Gasteiger partial charge in [-0.25, -0.2) is 9.59 Å². The van der Waals surface area contributed by atoms with Crippen molar-refractivity contribution in [3.63, 3.8) is 0 Å². The Kier molecular flexibility index (Phi) is 4.44. The molecular formula is C19H20N2O4. The molecule has 0 amide bonds. The number of nitrogens with zero attached hydrogens (tertiary/aromatic N) is 2. The number of aromatic carboxylic acids is 1. The van der Waals surface area contributed by atoms with Gasteiger partial charge in [0.15, 0.2) is 0 Å². The Balaban J connectivity index is 2.24. The lowest BCUT2D eigenvalue weighted by Crippen LogP contribution is -2.11. The minimum absolute atomic E-state index is 0.150. The van der Waals surface area contributed by atoms with Crippen molar-refractivity contribution < 1.29 is 14.3 Å². The monoisotopic (exact) mass is 340 g/mol. The molecule has 3 rings (SSSR count). The summed E-state index contributed by atoms with van der Waals surface area (Å²) in [6.45, 7) is 5.85. The van der Waals surface area contributed by atoms with Gasteiger partial charge in [-0.1, -0.05) is 19.4 Å². The minimum atomic E-state index is -1.02. The number of carbonyl (C=O) groups is 1. The van der Waals surface area contributed by atoms with E-state index in [1.165, 1.54) is 16.8 Å². The molecule has 6 heteroatoms. The first-order valence-corrected chi connectivity index (χ1v) is 8.29. The van der Waals surface area contributed by atoms with E-state index in [1.54, 1.807) is 12.1 Å². The number of aryl methyl sites for hydroxylation is 2. The number of carboxylic acids is 1. The molecule has 6 nitrogen and oxygen atoms in total. The van der Waals surface area contributed by atoms with Crippen LogP contribution in [0.15, 0.2) is 33.5 Å². The number of carboxylic acid groups (broad SMARTS) is 1. The van der Waals surface area contributed by atoms with Crippen molar-refractivity contribution in [3.8, 4) is 5.69 Å². The molecule has 130 valence electrons. The largest absolute Gasteiger partial charge is 0.478 e. The van der Waals surface area contributed by atoms with Crippen LogP contribution in [0.25, 0.3) is 16.8 Å². The number of rotatable bonds is 5. The van der Waals surface area contributed by atoms with Crippen molar-refractivity contribution in [1.29, 1.82) is 0 Å². The van der Waals surface area contributed by atoms with Gasteiger partial charge >= 0.3 is 11.6 Å². The van der Waals surface area contributed by atoms with Crippen LogP contribution in [-0.4, -0.2) is 20.9 Å². The fourth-order valence-corrected chi connectivity index (χ4v) is 3.07. The molecule has 0 aliphatic carbocycles. The van der Waals surface area contributed by atoms with Gasteiger partial charge in [0.2, 0.25) is 5.71 Å². The highest BCUT2D eigenvalue weighted by atomic mass is 16.4. The number of hydrogen-bond donors (Lipinski definition) is 1. The van der Waals surface area contributed by atoms with Crippen LogP contribution in [0.3, 0.4) is 0 Å². The molecular weight excluding hydrogens is 320 g/mol. The van der Waals surface area contributed by atoms with Gasteiger partial charge in [-0.2, -0.15) is 9.78 Å². The molecule has 3 aromatic rings. The van der Waals surface area contributed by atoms with Gasteiger partial charge in [-0.05, 0) is 50.5 Å². The van der Waals surface area contributed by atoms with Gasteiger partial charge in [-0.15, -0.1) is 0 Å². The maximum absolute atomic E-state index is 12.4. The molecule has 0 aliphatic rings. The summed E-state index contributed by atoms with van der Waals surface area (Å²) in [7, 11) is 0. The van der Waals surface area contributed by atoms with Crippen molar-refractivity contribution >= 4 is 17.1 Å². The molecule has 1 aromatic carbocycles. The summed E-state index contributed by atoms with van der Waals surface area (Å²) >= 11 is 0. The van der Waals surface area contributed by atoms with Crippen LogP contribution in [0.5, 0.6) is 0 Å². The SMILES string of the molecule is CCCCc1c(C)c2c(C)nn(-c3cccc(C(=O)O)c3)c2oc1=O. The average Bonchev–Trinajstić information content (AvgIpc) is 2.91. The third-order valence-corrected chi connectivity index (χ3v) is 4.40. The molecule has 0 saturated heterocycles. The van der Waals surface area contributed by atoms with Crippen LogP contribution in [0, 0.1) is 13.8 Å². The van der Waals surface area contributed by atoms with Gasteiger partial charge in [0.05, 0.1) is 22.3 Å². The quantitative estimate of drug-likeness (QED) is 0.766. The molecule has 2 aromatic heterocycles. The van der Waals surface area contributed by atoms with Crippen LogP contribution >= 0.6 is 0 Å². The van der Waals surface area contributed by atoms with E-state index in [4.69, 9.17) is 4.42 Å². The van der Waals surface area contributed by atoms with Crippen LogP contribution in [0.4, 0.5) is 0 Å². The first kappa shape index (κ1) is 17.0. The molecule has 0 spiro atoms. The second-order valence-electron chi connectivity index (χ2n) is 6.13. The van der Waals surface area contributed by atoms with Crippen LogP contribution in [-0.2, 0) is 6.42 Å². The van der Waals surface area contributed by atoms with Crippen LogP contribution < -0.4 is 5.63 Å². The lowest BCUT2D eigenvalue weighted by atomic mass is 10.0. The predicted molar refractivity (Wildman–Crippen MR) is 94.7 cm³/mol. The normalized spacial score (nSPS) is 11.2. The Hall–Kier alpha value is -2.89. The number of fused-ring (bicyclic) bond motifs is 1. The molecule has 0 fully saturated rings. The van der Waals surface area contributed by atoms with E-state index in [0.29, 0.717) is 23.4 Å². The summed E-state index contributed by atoms with van der Waals surface area (Å²) < 4.78 is 7.07. The number of unbranched alkanes of at least 4 members (excludes halogenated alkanes) is 1. The highest BCUT2D eigenvalue weighted by Gasteiger charge is 2.19. The van der Waals surface area contributed by atoms with E-state index in [1.807, 2.05) is 13.8 Å². The Morgan fingerprint density at radius 1 is 1.32 bits per heavy atom. The molecule has 1 N–H and O–H groups in total. The zero-order chi connectivity index (χ0) is 18.1. The Morgan fingerprint density at radius 3 is 2.76 bits per heavy atom. The summed E-state index contributed by atoms with van der Waals surface area (Å²) in [4.78, 5) is 23.6. The topological polar surface area (TPSA) is 85.3 Å². The van der Waals surface area contributed by atoms with Gasteiger partial charge in [0.25, 0.3) is 0 Å². The molecule has 25 heavy (non-hydrogen) atoms. The molecule has 0 saturated carbocycles. The second-order valence-corrected chi connectivity index (χ2v) is 6.13. The number of benzene rings is 1. The van der Waals surface area contributed by atoms with E-state index in [0.717, 1.165) is 29.5 Å². The maximum Gasteiger partial charge on any atom is 0.341 e. The van der Waals surface area contributed by atoms with Crippen molar-refractivity contribution in [2.24, 2.45) is 0 Å². The third-order valence-electron chi connectivity index (χ3n) is 4.40. The number of aromatic nitrogens is 2. The highest BCUT2D eigenvalue weighted by Crippen LogP contribution is 2.26. The van der Waals surface area contributed by atoms with Crippen LogP contribution in [0.2, 0.25) is 0 Å². The van der Waals surface area contributed by atoms with Gasteiger partial charge in [-0.3, -0.25) is 0 Å². The third kappa shape index (κ3) is 2.95. The smallest absolute Gasteiger partial charge is 0.341 e.